The summed E-state index contributed by atoms with van der Waals surface area (Å²) in [6.07, 6.45) is 0. The number of benzene rings is 2. The summed E-state index contributed by atoms with van der Waals surface area (Å²) >= 11 is 1.57. The third kappa shape index (κ3) is 4.35. The van der Waals surface area contributed by atoms with Crippen molar-refractivity contribution in [1.29, 1.82) is 0 Å². The monoisotopic (exact) mass is 406 g/mol. The van der Waals surface area contributed by atoms with Crippen LogP contribution in [0.5, 0.6) is 5.75 Å². The van der Waals surface area contributed by atoms with Crippen LogP contribution in [0.1, 0.15) is 23.9 Å². The Morgan fingerprint density at radius 1 is 1.10 bits per heavy atom. The molecule has 0 saturated heterocycles. The molecule has 0 saturated carbocycles. The minimum atomic E-state index is -0.0940. The van der Waals surface area contributed by atoms with Crippen molar-refractivity contribution in [2.75, 3.05) is 0 Å². The third-order valence-electron chi connectivity index (χ3n) is 4.69. The van der Waals surface area contributed by atoms with Gasteiger partial charge >= 0.3 is 0 Å². The Kier molecular flexibility index (Phi) is 5.67. The van der Waals surface area contributed by atoms with Gasteiger partial charge in [0.1, 0.15) is 12.4 Å². The highest BCUT2D eigenvalue weighted by Crippen LogP contribution is 2.25. The molecule has 0 aliphatic rings. The molecule has 4 aromatic rings. The molecule has 7 heteroatoms. The van der Waals surface area contributed by atoms with Crippen LogP contribution in [0.25, 0.3) is 10.9 Å². The Bertz CT molecular complexity index is 1180. The second-order valence-corrected chi connectivity index (χ2v) is 7.68. The normalized spacial score (nSPS) is 11.1. The van der Waals surface area contributed by atoms with Crippen LogP contribution >= 0.6 is 11.8 Å². The fraction of sp³-hybridized carbons (Fsp3) is 0.227. The number of fused-ring (bicyclic) bond motifs is 1. The lowest BCUT2D eigenvalue weighted by molar-refractivity contribution is 0.288. The van der Waals surface area contributed by atoms with E-state index in [1.54, 1.807) is 17.8 Å². The van der Waals surface area contributed by atoms with Gasteiger partial charge in [-0.3, -0.25) is 4.79 Å². The zero-order valence-corrected chi connectivity index (χ0v) is 17.2. The number of ether oxygens (including phenoxy) is 1. The average Bonchev–Trinajstić information content (AvgIpc) is 3.13. The van der Waals surface area contributed by atoms with Gasteiger partial charge in [-0.2, -0.15) is 0 Å². The summed E-state index contributed by atoms with van der Waals surface area (Å²) in [5.74, 6) is 2.23. The van der Waals surface area contributed by atoms with E-state index in [0.717, 1.165) is 39.7 Å². The first-order chi connectivity index (χ1) is 14.1. The molecule has 0 radical (unpaired) electrons. The van der Waals surface area contributed by atoms with E-state index >= 15 is 0 Å². The number of nitrogens with zero attached hydrogens (tertiary/aromatic N) is 3. The van der Waals surface area contributed by atoms with Gasteiger partial charge in [0.2, 0.25) is 5.56 Å². The zero-order chi connectivity index (χ0) is 20.2. The van der Waals surface area contributed by atoms with E-state index in [9.17, 15) is 4.79 Å². The number of nitrogens with one attached hydrogen (secondary N) is 1. The molecular formula is C22H22N4O2S. The van der Waals surface area contributed by atoms with E-state index < -0.39 is 0 Å². The van der Waals surface area contributed by atoms with Crippen LogP contribution in [0.2, 0.25) is 0 Å². The SMILES string of the molecule is CCn1c(COc2ccc(C)cc2)nnc1SCc1cc(=O)[nH]c2ccccc12. The van der Waals surface area contributed by atoms with E-state index in [1.165, 1.54) is 5.56 Å². The van der Waals surface area contributed by atoms with Gasteiger partial charge < -0.3 is 14.3 Å². The molecule has 0 atom stereocenters. The second kappa shape index (κ2) is 8.53. The highest BCUT2D eigenvalue weighted by Gasteiger charge is 2.13. The summed E-state index contributed by atoms with van der Waals surface area (Å²) in [6.45, 7) is 5.21. The molecule has 0 bridgehead atoms. The molecule has 29 heavy (non-hydrogen) atoms. The predicted molar refractivity (Wildman–Crippen MR) is 115 cm³/mol. The summed E-state index contributed by atoms with van der Waals surface area (Å²) in [7, 11) is 0. The summed E-state index contributed by atoms with van der Waals surface area (Å²) in [6, 6.07) is 17.4. The van der Waals surface area contributed by atoms with Crippen LogP contribution in [0.3, 0.4) is 0 Å². The smallest absolute Gasteiger partial charge is 0.248 e. The molecule has 2 aromatic carbocycles. The van der Waals surface area contributed by atoms with Crippen molar-refractivity contribution in [3.8, 4) is 5.75 Å². The molecule has 0 aliphatic heterocycles. The molecule has 1 N–H and O–H groups in total. The molecule has 2 heterocycles. The van der Waals surface area contributed by atoms with Gasteiger partial charge in [0.15, 0.2) is 11.0 Å². The van der Waals surface area contributed by atoms with Crippen molar-refractivity contribution < 1.29 is 4.74 Å². The van der Waals surface area contributed by atoms with Gasteiger partial charge in [0.05, 0.1) is 0 Å². The van der Waals surface area contributed by atoms with Crippen LogP contribution in [-0.4, -0.2) is 19.7 Å². The molecule has 0 aliphatic carbocycles. The first-order valence-corrected chi connectivity index (χ1v) is 10.5. The standard InChI is InChI=1S/C22H22N4O2S/c1-3-26-20(13-28-17-10-8-15(2)9-11-17)24-25-22(26)29-14-16-12-21(27)23-19-7-5-4-6-18(16)19/h4-12H,3,13-14H2,1-2H3,(H,23,27). The molecule has 4 rings (SSSR count). The van der Waals surface area contributed by atoms with Crippen LogP contribution in [0, 0.1) is 6.92 Å². The molecule has 0 unspecified atom stereocenters. The number of hydrogen-bond acceptors (Lipinski definition) is 5. The summed E-state index contributed by atoms with van der Waals surface area (Å²) < 4.78 is 7.91. The maximum Gasteiger partial charge on any atom is 0.248 e. The van der Waals surface area contributed by atoms with Crippen molar-refractivity contribution in [3.05, 3.63) is 81.9 Å². The number of aromatic amines is 1. The lowest BCUT2D eigenvalue weighted by atomic mass is 10.1. The Morgan fingerprint density at radius 2 is 1.90 bits per heavy atom. The van der Waals surface area contributed by atoms with Gasteiger partial charge in [-0.15, -0.1) is 10.2 Å². The van der Waals surface area contributed by atoms with Gasteiger partial charge in [-0.1, -0.05) is 47.7 Å². The average molecular weight is 407 g/mol. The quantitative estimate of drug-likeness (QED) is 0.463. The number of pyridine rings is 1. The molecule has 148 valence electrons. The van der Waals surface area contributed by atoms with Crippen LogP contribution in [0.4, 0.5) is 0 Å². The van der Waals surface area contributed by atoms with Crippen molar-refractivity contribution >= 4 is 22.7 Å². The van der Waals surface area contributed by atoms with Crippen LogP contribution in [0.15, 0.2) is 64.5 Å². The van der Waals surface area contributed by atoms with Gasteiger partial charge in [0, 0.05) is 29.3 Å². The van der Waals surface area contributed by atoms with E-state index in [2.05, 4.69) is 22.1 Å². The van der Waals surface area contributed by atoms with E-state index in [1.807, 2.05) is 60.0 Å². The van der Waals surface area contributed by atoms with Crippen molar-refractivity contribution in [3.63, 3.8) is 0 Å². The molecular weight excluding hydrogens is 384 g/mol. The molecule has 6 nitrogen and oxygen atoms in total. The largest absolute Gasteiger partial charge is 0.486 e. The molecule has 0 amide bonds. The van der Waals surface area contributed by atoms with Crippen LogP contribution < -0.4 is 10.3 Å². The third-order valence-corrected chi connectivity index (χ3v) is 5.71. The fourth-order valence-electron chi connectivity index (χ4n) is 3.17. The first kappa shape index (κ1) is 19.3. The van der Waals surface area contributed by atoms with E-state index in [0.29, 0.717) is 12.4 Å². The van der Waals surface area contributed by atoms with Crippen molar-refractivity contribution in [2.45, 2.75) is 37.9 Å². The van der Waals surface area contributed by atoms with E-state index in [4.69, 9.17) is 4.74 Å². The van der Waals surface area contributed by atoms with Gasteiger partial charge in [-0.05, 0) is 37.6 Å². The highest BCUT2D eigenvalue weighted by molar-refractivity contribution is 7.98. The lowest BCUT2D eigenvalue weighted by Crippen LogP contribution is -2.08. The second-order valence-electron chi connectivity index (χ2n) is 6.74. The maximum absolute atomic E-state index is 12.0. The first-order valence-electron chi connectivity index (χ1n) is 9.49. The molecule has 0 fully saturated rings. The minimum absolute atomic E-state index is 0.0940. The number of aryl methyl sites for hydroxylation is 1. The number of thioether (sulfide) groups is 1. The van der Waals surface area contributed by atoms with Crippen molar-refractivity contribution in [1.82, 2.24) is 19.7 Å². The Balaban J connectivity index is 1.50. The topological polar surface area (TPSA) is 72.8 Å². The van der Waals surface area contributed by atoms with Crippen molar-refractivity contribution in [2.24, 2.45) is 0 Å². The number of aromatic nitrogens is 4. The van der Waals surface area contributed by atoms with Crippen LogP contribution in [-0.2, 0) is 18.9 Å². The fourth-order valence-corrected chi connectivity index (χ4v) is 4.18. The van der Waals surface area contributed by atoms with E-state index in [-0.39, 0.29) is 5.56 Å². The number of rotatable bonds is 7. The minimum Gasteiger partial charge on any atom is -0.486 e. The number of H-pyrrole nitrogens is 1. The molecule has 2 aromatic heterocycles. The number of hydrogen-bond donors (Lipinski definition) is 1. The Morgan fingerprint density at radius 3 is 2.69 bits per heavy atom. The van der Waals surface area contributed by atoms with Gasteiger partial charge in [0.25, 0.3) is 0 Å². The Hall–Kier alpha value is -3.06. The van der Waals surface area contributed by atoms with Gasteiger partial charge in [-0.25, -0.2) is 0 Å². The number of para-hydroxylation sites is 1. The lowest BCUT2D eigenvalue weighted by Gasteiger charge is -2.10. The summed E-state index contributed by atoms with van der Waals surface area (Å²) in [4.78, 5) is 14.8. The summed E-state index contributed by atoms with van der Waals surface area (Å²) in [5, 5.41) is 10.5. The maximum atomic E-state index is 12.0. The summed E-state index contributed by atoms with van der Waals surface area (Å²) in [5.41, 5.74) is 2.93. The predicted octanol–water partition coefficient (Wildman–Crippen LogP) is 4.32. The Labute approximate surface area is 172 Å². The highest BCUT2D eigenvalue weighted by atomic mass is 32.2. The zero-order valence-electron chi connectivity index (χ0n) is 16.4. The molecule has 0 spiro atoms.